The third kappa shape index (κ3) is 2.23. The van der Waals surface area contributed by atoms with Crippen molar-refractivity contribution in [2.24, 2.45) is 10.9 Å². The summed E-state index contributed by atoms with van der Waals surface area (Å²) in [6.45, 7) is 0. The second kappa shape index (κ2) is 5.14. The molecule has 0 spiro atoms. The van der Waals surface area contributed by atoms with E-state index in [4.69, 9.17) is 10.9 Å². The van der Waals surface area contributed by atoms with E-state index in [0.717, 1.165) is 15.5 Å². The van der Waals surface area contributed by atoms with Gasteiger partial charge in [0.05, 0.1) is 11.3 Å². The molecule has 0 radical (unpaired) electrons. The predicted molar refractivity (Wildman–Crippen MR) is 82.3 cm³/mol. The quantitative estimate of drug-likeness (QED) is 0.367. The summed E-state index contributed by atoms with van der Waals surface area (Å²) in [7, 11) is 1.72. The first-order valence-corrected chi connectivity index (χ1v) is 7.10. The largest absolute Gasteiger partial charge is 0.409 e. The van der Waals surface area contributed by atoms with E-state index < -0.39 is 0 Å². The van der Waals surface area contributed by atoms with Gasteiger partial charge in [-0.25, -0.2) is 0 Å². The molecular formula is C15H13N3O2S. The summed E-state index contributed by atoms with van der Waals surface area (Å²) in [5.41, 5.74) is 7.61. The Bertz CT molecular complexity index is 758. The van der Waals surface area contributed by atoms with Crippen molar-refractivity contribution >= 4 is 29.2 Å². The maximum Gasteiger partial charge on any atom is 0.259 e. The number of benzene rings is 2. The van der Waals surface area contributed by atoms with E-state index in [1.807, 2.05) is 30.3 Å². The van der Waals surface area contributed by atoms with Crippen molar-refractivity contribution in [2.45, 2.75) is 9.79 Å². The Balaban J connectivity index is 2.17. The summed E-state index contributed by atoms with van der Waals surface area (Å²) in [5, 5.41) is 11.8. The SMILES string of the molecule is CN1C(=O)c2ccccc2Sc2ccc(/C(N)=N/O)cc21. The van der Waals surface area contributed by atoms with Crippen LogP contribution in [0, 0.1) is 0 Å². The molecule has 1 aliphatic heterocycles. The van der Waals surface area contributed by atoms with Crippen molar-refractivity contribution in [1.82, 2.24) is 0 Å². The highest BCUT2D eigenvalue weighted by atomic mass is 32.2. The van der Waals surface area contributed by atoms with Crippen LogP contribution in [0.5, 0.6) is 0 Å². The number of amides is 1. The Labute approximate surface area is 126 Å². The van der Waals surface area contributed by atoms with Crippen molar-refractivity contribution in [2.75, 3.05) is 11.9 Å². The second-order valence-electron chi connectivity index (χ2n) is 4.63. The van der Waals surface area contributed by atoms with Gasteiger partial charge in [0.25, 0.3) is 5.91 Å². The molecule has 5 nitrogen and oxygen atoms in total. The van der Waals surface area contributed by atoms with Crippen LogP contribution in [-0.4, -0.2) is 24.0 Å². The standard InChI is InChI=1S/C15H13N3O2S/c1-18-11-8-9(14(16)17-20)6-7-13(11)21-12-5-3-2-4-10(12)15(18)19/h2-8,20H,1H3,(H2,16,17). The Kier molecular flexibility index (Phi) is 3.31. The minimum atomic E-state index is -0.0755. The number of oxime groups is 1. The lowest BCUT2D eigenvalue weighted by molar-refractivity contribution is 0.0990. The van der Waals surface area contributed by atoms with Gasteiger partial charge in [-0.1, -0.05) is 29.1 Å². The molecule has 2 aromatic rings. The molecule has 0 atom stereocenters. The third-order valence-corrected chi connectivity index (χ3v) is 4.51. The number of nitrogens with zero attached hydrogens (tertiary/aromatic N) is 2. The van der Waals surface area contributed by atoms with Crippen LogP contribution in [0.15, 0.2) is 57.4 Å². The molecule has 2 aromatic carbocycles. The smallest absolute Gasteiger partial charge is 0.259 e. The molecule has 0 fully saturated rings. The van der Waals surface area contributed by atoms with Crippen LogP contribution in [0.4, 0.5) is 5.69 Å². The number of hydrogen-bond acceptors (Lipinski definition) is 4. The molecule has 1 amide bonds. The Morgan fingerprint density at radius 1 is 1.24 bits per heavy atom. The van der Waals surface area contributed by atoms with Crippen LogP contribution in [0.1, 0.15) is 15.9 Å². The van der Waals surface area contributed by atoms with Crippen LogP contribution in [0.3, 0.4) is 0 Å². The van der Waals surface area contributed by atoms with Gasteiger partial charge in [0, 0.05) is 22.4 Å². The number of hydrogen-bond donors (Lipinski definition) is 2. The number of fused-ring (bicyclic) bond motifs is 2. The number of anilines is 1. The van der Waals surface area contributed by atoms with E-state index >= 15 is 0 Å². The molecule has 106 valence electrons. The molecule has 0 unspecified atom stereocenters. The van der Waals surface area contributed by atoms with E-state index in [1.165, 1.54) is 11.8 Å². The average Bonchev–Trinajstić information content (AvgIpc) is 2.63. The number of amidine groups is 1. The fourth-order valence-corrected chi connectivity index (χ4v) is 3.31. The number of rotatable bonds is 1. The summed E-state index contributed by atoms with van der Waals surface area (Å²) < 4.78 is 0. The molecule has 0 bridgehead atoms. The van der Waals surface area contributed by atoms with Crippen molar-refractivity contribution in [1.29, 1.82) is 0 Å². The Hall–Kier alpha value is -2.47. The zero-order chi connectivity index (χ0) is 15.0. The fraction of sp³-hybridized carbons (Fsp3) is 0.0667. The number of carbonyl (C=O) groups is 1. The maximum atomic E-state index is 12.6. The molecule has 3 rings (SSSR count). The summed E-state index contributed by atoms with van der Waals surface area (Å²) >= 11 is 1.53. The zero-order valence-corrected chi connectivity index (χ0v) is 12.1. The molecule has 3 N–H and O–H groups in total. The molecule has 0 aromatic heterocycles. The summed E-state index contributed by atoms with van der Waals surface area (Å²) in [6.07, 6.45) is 0. The first kappa shape index (κ1) is 13.5. The normalized spacial score (nSPS) is 14.4. The van der Waals surface area contributed by atoms with Gasteiger partial charge in [-0.3, -0.25) is 4.79 Å². The van der Waals surface area contributed by atoms with E-state index in [2.05, 4.69) is 5.16 Å². The van der Waals surface area contributed by atoms with Crippen LogP contribution >= 0.6 is 11.8 Å². The maximum absolute atomic E-state index is 12.6. The Morgan fingerprint density at radius 2 is 2.00 bits per heavy atom. The van der Waals surface area contributed by atoms with Crippen molar-refractivity contribution < 1.29 is 10.0 Å². The van der Waals surface area contributed by atoms with Gasteiger partial charge in [-0.2, -0.15) is 0 Å². The lowest BCUT2D eigenvalue weighted by atomic mass is 10.1. The monoisotopic (exact) mass is 299 g/mol. The van der Waals surface area contributed by atoms with Crippen LogP contribution in [0.2, 0.25) is 0 Å². The van der Waals surface area contributed by atoms with Gasteiger partial charge in [0.15, 0.2) is 5.84 Å². The van der Waals surface area contributed by atoms with E-state index in [1.54, 1.807) is 24.1 Å². The van der Waals surface area contributed by atoms with Crippen molar-refractivity contribution in [3.63, 3.8) is 0 Å². The average molecular weight is 299 g/mol. The molecule has 0 aliphatic carbocycles. The second-order valence-corrected chi connectivity index (χ2v) is 5.71. The zero-order valence-electron chi connectivity index (χ0n) is 11.3. The number of nitrogens with two attached hydrogens (primary N) is 1. The lowest BCUT2D eigenvalue weighted by Crippen LogP contribution is -2.26. The van der Waals surface area contributed by atoms with E-state index in [9.17, 15) is 4.79 Å². The van der Waals surface area contributed by atoms with Gasteiger partial charge in [-0.15, -0.1) is 0 Å². The van der Waals surface area contributed by atoms with Gasteiger partial charge in [0.1, 0.15) is 0 Å². The van der Waals surface area contributed by atoms with Gasteiger partial charge in [-0.05, 0) is 30.3 Å². The van der Waals surface area contributed by atoms with E-state index in [0.29, 0.717) is 11.1 Å². The van der Waals surface area contributed by atoms with E-state index in [-0.39, 0.29) is 11.7 Å². The van der Waals surface area contributed by atoms with Crippen LogP contribution in [-0.2, 0) is 0 Å². The van der Waals surface area contributed by atoms with Crippen molar-refractivity contribution in [3.05, 3.63) is 53.6 Å². The summed E-state index contributed by atoms with van der Waals surface area (Å²) in [5.74, 6) is -0.0566. The minimum absolute atomic E-state index is 0.0189. The first-order chi connectivity index (χ1) is 10.1. The first-order valence-electron chi connectivity index (χ1n) is 6.28. The lowest BCUT2D eigenvalue weighted by Gasteiger charge is -2.18. The van der Waals surface area contributed by atoms with Gasteiger partial charge < -0.3 is 15.8 Å². The molecule has 1 heterocycles. The van der Waals surface area contributed by atoms with Crippen molar-refractivity contribution in [3.8, 4) is 0 Å². The predicted octanol–water partition coefficient (Wildman–Crippen LogP) is 2.52. The fourth-order valence-electron chi connectivity index (χ4n) is 2.22. The highest BCUT2D eigenvalue weighted by molar-refractivity contribution is 7.99. The van der Waals surface area contributed by atoms with Gasteiger partial charge in [0.2, 0.25) is 0 Å². The molecule has 21 heavy (non-hydrogen) atoms. The summed E-state index contributed by atoms with van der Waals surface area (Å²) in [4.78, 5) is 16.0. The highest BCUT2D eigenvalue weighted by Gasteiger charge is 2.24. The molecule has 0 saturated carbocycles. The van der Waals surface area contributed by atoms with Crippen LogP contribution < -0.4 is 10.6 Å². The molecule has 6 heteroatoms. The molecule has 0 saturated heterocycles. The summed E-state index contributed by atoms with van der Waals surface area (Å²) in [6, 6.07) is 12.9. The minimum Gasteiger partial charge on any atom is -0.409 e. The topological polar surface area (TPSA) is 78.9 Å². The van der Waals surface area contributed by atoms with Crippen LogP contribution in [0.25, 0.3) is 0 Å². The van der Waals surface area contributed by atoms with Gasteiger partial charge >= 0.3 is 0 Å². The molecular weight excluding hydrogens is 286 g/mol. The third-order valence-electron chi connectivity index (χ3n) is 3.37. The Morgan fingerprint density at radius 3 is 2.76 bits per heavy atom. The number of carbonyl (C=O) groups excluding carboxylic acids is 1. The molecule has 1 aliphatic rings. The highest BCUT2D eigenvalue weighted by Crippen LogP contribution is 2.41.